The minimum absolute atomic E-state index is 0. The quantitative estimate of drug-likeness (QED) is 0.435. The first kappa shape index (κ1) is 45.1. The van der Waals surface area contributed by atoms with Crippen molar-refractivity contribution >= 4 is 191 Å². The number of hydrogen-bond acceptors (Lipinski definition) is 1. The average Bonchev–Trinajstić information content (AvgIpc) is 0.811. The summed E-state index contributed by atoms with van der Waals surface area (Å²) in [6, 6.07) is 0. The molecule has 0 radical (unpaired) electrons. The van der Waals surface area contributed by atoms with Crippen LogP contribution in [0.1, 0.15) is 0 Å². The molecule has 0 unspecified atom stereocenters. The van der Waals surface area contributed by atoms with Crippen LogP contribution in [0, 0.1) is 0 Å². The van der Waals surface area contributed by atoms with Crippen LogP contribution in [0.25, 0.3) is 0 Å². The Bertz CT molecular complexity index is 48.2. The van der Waals surface area contributed by atoms with Crippen molar-refractivity contribution in [3.8, 4) is 0 Å². The van der Waals surface area contributed by atoms with Gasteiger partial charge in [-0.1, -0.05) is 0 Å². The molecule has 0 aromatic heterocycles. The molecule has 0 aromatic rings. The monoisotopic (exact) mass is 322 g/mol. The van der Waals surface area contributed by atoms with Gasteiger partial charge in [0.15, 0.2) is 17.4 Å². The van der Waals surface area contributed by atoms with Gasteiger partial charge in [0.2, 0.25) is 0 Å². The zero-order valence-electron chi connectivity index (χ0n) is 2.30. The normalized spacial score (nSPS) is 2.40. The molecular formula is H13AlCaKNaO4SiSr. The summed E-state index contributed by atoms with van der Waals surface area (Å²) in [5.41, 5.74) is 0. The van der Waals surface area contributed by atoms with E-state index in [1.165, 1.54) is 0 Å². The van der Waals surface area contributed by atoms with Crippen LogP contribution in [0.4, 0.5) is 0 Å². The van der Waals surface area contributed by atoms with Crippen LogP contribution < -0.4 is 0 Å². The molecule has 0 aliphatic heterocycles. The van der Waals surface area contributed by atoms with Gasteiger partial charge in [-0.15, -0.1) is 0 Å². The SMILES string of the molecule is O.O=[Si](O)O.[AlH3].[CaH2].[KH].[NaH].[SrH2]. The van der Waals surface area contributed by atoms with Crippen LogP contribution in [-0.4, -0.2) is 206 Å². The van der Waals surface area contributed by atoms with E-state index in [0.717, 1.165) is 0 Å². The van der Waals surface area contributed by atoms with E-state index < -0.39 is 9.17 Å². The summed E-state index contributed by atoms with van der Waals surface area (Å²) in [5, 5.41) is 0. The molecule has 50 valence electrons. The van der Waals surface area contributed by atoms with Gasteiger partial charge in [0.05, 0.1) is 0 Å². The van der Waals surface area contributed by atoms with Crippen molar-refractivity contribution < 1.29 is 19.5 Å². The van der Waals surface area contributed by atoms with Crippen molar-refractivity contribution in [2.24, 2.45) is 0 Å². The average molecular weight is 322 g/mol. The van der Waals surface area contributed by atoms with E-state index >= 15 is 0 Å². The fraction of sp³-hybridized carbons (Fsp3) is 0. The number of hydrogen-bond donors (Lipinski definition) is 2. The fourth-order valence-corrected chi connectivity index (χ4v) is 0. The molecule has 0 rings (SSSR count). The maximum absolute atomic E-state index is 8.74. The molecule has 0 amide bonds. The van der Waals surface area contributed by atoms with Gasteiger partial charge in [0.25, 0.3) is 0 Å². The van der Waals surface area contributed by atoms with Gasteiger partial charge in [-0.25, -0.2) is 0 Å². The molecule has 0 bridgehead atoms. The summed E-state index contributed by atoms with van der Waals surface area (Å²) in [6.07, 6.45) is 0. The molecule has 0 aliphatic rings. The molecule has 0 saturated heterocycles. The molecule has 4 nitrogen and oxygen atoms in total. The second-order valence-electron chi connectivity index (χ2n) is 0.283. The third-order valence-corrected chi connectivity index (χ3v) is 0. The van der Waals surface area contributed by atoms with Crippen LogP contribution in [-0.2, 0) is 4.46 Å². The molecular weight excluding hydrogens is 309 g/mol. The topological polar surface area (TPSA) is 89.0 Å². The predicted octanol–water partition coefficient (Wildman–Crippen LogP) is -6.75. The van der Waals surface area contributed by atoms with E-state index in [-0.39, 0.29) is 187 Å². The standard InChI is InChI=1S/Al.Ca.K.Na.H2O3Si.H2O.Sr.9H/c;;;;1-4(2)3;;;;;;;;;;;/h;;;;1-2H;1H2;;;;;;;;;;. The Morgan fingerprint density at radius 3 is 1.20 bits per heavy atom. The molecule has 0 spiro atoms. The molecule has 4 N–H and O–H groups in total. The van der Waals surface area contributed by atoms with Gasteiger partial charge in [-0.2, -0.15) is 0 Å². The van der Waals surface area contributed by atoms with Crippen LogP contribution in [0.2, 0.25) is 0 Å². The van der Waals surface area contributed by atoms with Crippen molar-refractivity contribution in [3.05, 3.63) is 0 Å². The van der Waals surface area contributed by atoms with Gasteiger partial charge in [-0.05, 0) is 0 Å². The molecule has 0 atom stereocenters. The first-order valence-electron chi connectivity index (χ1n) is 0.651. The zero-order valence-corrected chi connectivity index (χ0v) is 3.30. The van der Waals surface area contributed by atoms with Crippen molar-refractivity contribution in [3.63, 3.8) is 0 Å². The van der Waals surface area contributed by atoms with Crippen molar-refractivity contribution in [2.45, 2.75) is 0 Å². The Hall–Kier alpha value is 5.49. The Kier molecular flexibility index (Phi) is 165. The Morgan fingerprint density at radius 1 is 1.20 bits per heavy atom. The first-order valence-corrected chi connectivity index (χ1v) is 1.95. The third-order valence-electron chi connectivity index (χ3n) is 0. The van der Waals surface area contributed by atoms with Crippen molar-refractivity contribution in [2.75, 3.05) is 0 Å². The molecule has 10 heteroatoms. The van der Waals surface area contributed by atoms with Crippen LogP contribution in [0.15, 0.2) is 0 Å². The molecule has 0 aromatic carbocycles. The molecule has 10 heavy (non-hydrogen) atoms. The second kappa shape index (κ2) is 36.6. The predicted molar refractivity (Wildman–Crippen MR) is 55.8 cm³/mol. The van der Waals surface area contributed by atoms with Crippen molar-refractivity contribution in [1.29, 1.82) is 0 Å². The van der Waals surface area contributed by atoms with E-state index in [9.17, 15) is 0 Å². The maximum atomic E-state index is 8.74. The Morgan fingerprint density at radius 2 is 1.20 bits per heavy atom. The van der Waals surface area contributed by atoms with E-state index in [0.29, 0.717) is 0 Å². The van der Waals surface area contributed by atoms with Crippen LogP contribution >= 0.6 is 0 Å². The van der Waals surface area contributed by atoms with Crippen molar-refractivity contribution in [1.82, 2.24) is 0 Å². The van der Waals surface area contributed by atoms with Gasteiger partial charge >= 0.3 is 173 Å². The van der Waals surface area contributed by atoms with Crippen LogP contribution in [0.3, 0.4) is 0 Å². The first-order chi connectivity index (χ1) is 1.73. The molecule has 0 aliphatic carbocycles. The summed E-state index contributed by atoms with van der Waals surface area (Å²) in [6.45, 7) is 0. The van der Waals surface area contributed by atoms with Gasteiger partial charge in [-0.3, -0.25) is 4.46 Å². The van der Waals surface area contributed by atoms with E-state index in [1.54, 1.807) is 0 Å². The number of rotatable bonds is 0. The molecule has 0 saturated carbocycles. The summed E-state index contributed by atoms with van der Waals surface area (Å²) in [7, 11) is -3.13. The summed E-state index contributed by atoms with van der Waals surface area (Å²) >= 11 is 0. The van der Waals surface area contributed by atoms with Gasteiger partial charge < -0.3 is 15.1 Å². The molecule has 0 fully saturated rings. The fourth-order valence-electron chi connectivity index (χ4n) is 0. The Labute approximate surface area is 204 Å². The minimum atomic E-state index is -3.13. The van der Waals surface area contributed by atoms with E-state index in [1.807, 2.05) is 0 Å². The van der Waals surface area contributed by atoms with Gasteiger partial charge in [0.1, 0.15) is 0 Å². The van der Waals surface area contributed by atoms with Gasteiger partial charge in [0, 0.05) is 0 Å². The second-order valence-corrected chi connectivity index (χ2v) is 0.848. The summed E-state index contributed by atoms with van der Waals surface area (Å²) < 4.78 is 8.74. The molecule has 0 heterocycles. The van der Waals surface area contributed by atoms with E-state index in [2.05, 4.69) is 0 Å². The van der Waals surface area contributed by atoms with Crippen LogP contribution in [0.5, 0.6) is 0 Å². The third kappa shape index (κ3) is 69.9. The zero-order chi connectivity index (χ0) is 3.58. The summed E-state index contributed by atoms with van der Waals surface area (Å²) in [5.74, 6) is 0. The Balaban J connectivity index is -0.00000000300. The van der Waals surface area contributed by atoms with E-state index in [4.69, 9.17) is 14.1 Å². The summed E-state index contributed by atoms with van der Waals surface area (Å²) in [4.78, 5) is 14.3.